The molecule has 0 heterocycles. The number of benzene rings is 1. The molecule has 0 atom stereocenters. The minimum Gasteiger partial charge on any atom is -0.494 e. The first-order valence-electron chi connectivity index (χ1n) is 5.69. The van der Waals surface area contributed by atoms with Gasteiger partial charge in [0.25, 0.3) is 0 Å². The van der Waals surface area contributed by atoms with Crippen molar-refractivity contribution >= 4 is 0 Å². The van der Waals surface area contributed by atoms with Gasteiger partial charge < -0.3 is 10.5 Å². The molecule has 3 fully saturated rings. The average Bonchev–Trinajstić information content (AvgIpc) is 2.13. The third-order valence-electron chi connectivity index (χ3n) is 3.83. The van der Waals surface area contributed by atoms with Crippen LogP contribution in [-0.2, 0) is 5.41 Å². The topological polar surface area (TPSA) is 35.2 Å². The van der Waals surface area contributed by atoms with E-state index in [0.717, 1.165) is 31.6 Å². The molecule has 2 N–H and O–H groups in total. The van der Waals surface area contributed by atoms with Crippen molar-refractivity contribution in [3.8, 4) is 5.75 Å². The van der Waals surface area contributed by atoms with Gasteiger partial charge >= 0.3 is 0 Å². The van der Waals surface area contributed by atoms with Gasteiger partial charge in [0, 0.05) is 16.5 Å². The van der Waals surface area contributed by atoms with E-state index >= 15 is 0 Å². The van der Waals surface area contributed by atoms with E-state index in [4.69, 9.17) is 10.5 Å². The summed E-state index contributed by atoms with van der Waals surface area (Å²) in [7, 11) is 0. The van der Waals surface area contributed by atoms with E-state index in [1.807, 2.05) is 13.0 Å². The lowest BCUT2D eigenvalue weighted by Crippen LogP contribution is -2.74. The molecule has 0 aromatic heterocycles. The van der Waals surface area contributed by atoms with Crippen LogP contribution in [0.25, 0.3) is 0 Å². The van der Waals surface area contributed by atoms with Gasteiger partial charge in [0.1, 0.15) is 5.75 Å². The predicted molar refractivity (Wildman–Crippen MR) is 60.1 cm³/mol. The molecule has 1 aromatic rings. The van der Waals surface area contributed by atoms with Gasteiger partial charge in [-0.2, -0.15) is 0 Å². The standard InChI is InChI=1S/C13H17NO/c1-2-15-11-6-4-3-5-10(11)12-7-13(14,8-12)9-12/h3-6H,2,7-9,14H2,1H3. The van der Waals surface area contributed by atoms with Gasteiger partial charge in [-0.3, -0.25) is 0 Å². The highest BCUT2D eigenvalue weighted by molar-refractivity contribution is 5.48. The summed E-state index contributed by atoms with van der Waals surface area (Å²) in [6, 6.07) is 8.41. The Morgan fingerprint density at radius 3 is 2.53 bits per heavy atom. The van der Waals surface area contributed by atoms with Crippen molar-refractivity contribution < 1.29 is 4.74 Å². The monoisotopic (exact) mass is 203 g/mol. The number of rotatable bonds is 3. The fourth-order valence-electron chi connectivity index (χ4n) is 3.34. The zero-order valence-electron chi connectivity index (χ0n) is 9.12. The summed E-state index contributed by atoms with van der Waals surface area (Å²) in [5.74, 6) is 1.06. The smallest absolute Gasteiger partial charge is 0.123 e. The van der Waals surface area contributed by atoms with Crippen LogP contribution in [0.4, 0.5) is 0 Å². The van der Waals surface area contributed by atoms with E-state index in [1.165, 1.54) is 5.56 Å². The Morgan fingerprint density at radius 2 is 1.93 bits per heavy atom. The van der Waals surface area contributed by atoms with Crippen LogP contribution in [0.2, 0.25) is 0 Å². The molecule has 3 saturated carbocycles. The molecule has 0 amide bonds. The Labute approximate surface area is 90.4 Å². The second-order valence-corrected chi connectivity index (χ2v) is 5.10. The van der Waals surface area contributed by atoms with Crippen LogP contribution in [0.3, 0.4) is 0 Å². The molecule has 2 bridgehead atoms. The zero-order valence-corrected chi connectivity index (χ0v) is 9.12. The highest BCUT2D eigenvalue weighted by Crippen LogP contribution is 2.67. The quantitative estimate of drug-likeness (QED) is 0.817. The van der Waals surface area contributed by atoms with Crippen molar-refractivity contribution in [1.82, 2.24) is 0 Å². The number of hydrogen-bond acceptors (Lipinski definition) is 2. The maximum Gasteiger partial charge on any atom is 0.123 e. The summed E-state index contributed by atoms with van der Waals surface area (Å²) in [5.41, 5.74) is 8.00. The van der Waals surface area contributed by atoms with Crippen molar-refractivity contribution in [3.63, 3.8) is 0 Å². The van der Waals surface area contributed by atoms with Crippen molar-refractivity contribution in [1.29, 1.82) is 0 Å². The lowest BCUT2D eigenvalue weighted by atomic mass is 9.38. The first-order chi connectivity index (χ1) is 7.18. The molecule has 1 aromatic carbocycles. The van der Waals surface area contributed by atoms with Crippen molar-refractivity contribution in [2.24, 2.45) is 5.73 Å². The van der Waals surface area contributed by atoms with Crippen LogP contribution >= 0.6 is 0 Å². The second kappa shape index (κ2) is 2.76. The number of hydrogen-bond donors (Lipinski definition) is 1. The lowest BCUT2D eigenvalue weighted by Gasteiger charge is -2.69. The second-order valence-electron chi connectivity index (χ2n) is 5.10. The highest BCUT2D eigenvalue weighted by atomic mass is 16.5. The number of ether oxygens (including phenoxy) is 1. The van der Waals surface area contributed by atoms with Gasteiger partial charge in [-0.15, -0.1) is 0 Å². The Kier molecular flexibility index (Phi) is 1.70. The highest BCUT2D eigenvalue weighted by Gasteiger charge is 2.67. The van der Waals surface area contributed by atoms with Crippen LogP contribution in [0, 0.1) is 0 Å². The van der Waals surface area contributed by atoms with E-state index in [0.29, 0.717) is 5.41 Å². The van der Waals surface area contributed by atoms with Crippen molar-refractivity contribution in [2.45, 2.75) is 37.1 Å². The van der Waals surface area contributed by atoms with Gasteiger partial charge in [-0.1, -0.05) is 18.2 Å². The van der Waals surface area contributed by atoms with Crippen molar-refractivity contribution in [2.75, 3.05) is 6.61 Å². The summed E-state index contributed by atoms with van der Waals surface area (Å²) in [5, 5.41) is 0. The fourth-order valence-corrected chi connectivity index (χ4v) is 3.34. The molecule has 80 valence electrons. The lowest BCUT2D eigenvalue weighted by molar-refractivity contribution is -0.0604. The van der Waals surface area contributed by atoms with Crippen LogP contribution in [0.1, 0.15) is 31.7 Å². The predicted octanol–water partition coefficient (Wildman–Crippen LogP) is 2.22. The Morgan fingerprint density at radius 1 is 1.27 bits per heavy atom. The molecule has 4 rings (SSSR count). The van der Waals surface area contributed by atoms with Crippen LogP contribution < -0.4 is 10.5 Å². The third kappa shape index (κ3) is 1.14. The minimum absolute atomic E-state index is 0.166. The molecule has 3 aliphatic carbocycles. The molecule has 0 spiro atoms. The van der Waals surface area contributed by atoms with E-state index < -0.39 is 0 Å². The average molecular weight is 203 g/mol. The molecular formula is C13H17NO. The zero-order chi connectivity index (χ0) is 10.5. The molecule has 15 heavy (non-hydrogen) atoms. The SMILES string of the molecule is CCOc1ccccc1C12CC(N)(C1)C2. The molecular weight excluding hydrogens is 186 g/mol. The largest absolute Gasteiger partial charge is 0.494 e. The van der Waals surface area contributed by atoms with E-state index in [9.17, 15) is 0 Å². The normalized spacial score (nSPS) is 36.7. The Hall–Kier alpha value is -1.02. The first-order valence-corrected chi connectivity index (χ1v) is 5.69. The molecule has 0 unspecified atom stereocenters. The van der Waals surface area contributed by atoms with E-state index in [1.54, 1.807) is 0 Å². The maximum atomic E-state index is 6.09. The summed E-state index contributed by atoms with van der Waals surface area (Å²) in [6.45, 7) is 2.77. The van der Waals surface area contributed by atoms with E-state index in [-0.39, 0.29) is 5.54 Å². The summed E-state index contributed by atoms with van der Waals surface area (Å²) < 4.78 is 5.68. The van der Waals surface area contributed by atoms with Crippen LogP contribution in [0.5, 0.6) is 5.75 Å². The third-order valence-corrected chi connectivity index (χ3v) is 3.83. The summed E-state index contributed by atoms with van der Waals surface area (Å²) >= 11 is 0. The van der Waals surface area contributed by atoms with Crippen LogP contribution in [-0.4, -0.2) is 12.1 Å². The maximum absolute atomic E-state index is 6.09. The van der Waals surface area contributed by atoms with Gasteiger partial charge in [-0.25, -0.2) is 0 Å². The Balaban J connectivity index is 1.92. The summed E-state index contributed by atoms with van der Waals surface area (Å²) in [4.78, 5) is 0. The first kappa shape index (κ1) is 9.22. The van der Waals surface area contributed by atoms with Crippen molar-refractivity contribution in [3.05, 3.63) is 29.8 Å². The van der Waals surface area contributed by atoms with E-state index in [2.05, 4.69) is 18.2 Å². The Bertz CT molecular complexity index is 380. The molecule has 2 nitrogen and oxygen atoms in total. The summed E-state index contributed by atoms with van der Waals surface area (Å²) in [6.07, 6.45) is 3.43. The van der Waals surface area contributed by atoms with Gasteiger partial charge in [0.05, 0.1) is 6.61 Å². The molecule has 0 saturated heterocycles. The molecule has 0 radical (unpaired) electrons. The molecule has 2 heteroatoms. The molecule has 3 aliphatic rings. The molecule has 0 aliphatic heterocycles. The number of nitrogens with two attached hydrogens (primary N) is 1. The van der Waals surface area contributed by atoms with Gasteiger partial charge in [-0.05, 0) is 32.3 Å². The minimum atomic E-state index is 0.166. The number of para-hydroxylation sites is 1. The van der Waals surface area contributed by atoms with Crippen LogP contribution in [0.15, 0.2) is 24.3 Å². The fraction of sp³-hybridized carbons (Fsp3) is 0.538. The van der Waals surface area contributed by atoms with Gasteiger partial charge in [0.15, 0.2) is 0 Å². The van der Waals surface area contributed by atoms with Gasteiger partial charge in [0.2, 0.25) is 0 Å².